The third-order valence-corrected chi connectivity index (χ3v) is 4.70. The molecule has 1 unspecified atom stereocenters. The summed E-state index contributed by atoms with van der Waals surface area (Å²) in [6.07, 6.45) is 8.02. The van der Waals surface area contributed by atoms with Gasteiger partial charge in [-0.3, -0.25) is 0 Å². The fourth-order valence-corrected chi connectivity index (χ4v) is 3.21. The highest BCUT2D eigenvalue weighted by molar-refractivity contribution is 5.63. The molecule has 0 saturated carbocycles. The lowest BCUT2D eigenvalue weighted by Gasteiger charge is -2.18. The molecule has 0 aliphatic carbocycles. The Kier molecular flexibility index (Phi) is 7.39. The van der Waals surface area contributed by atoms with Crippen molar-refractivity contribution in [2.24, 2.45) is 11.8 Å². The van der Waals surface area contributed by atoms with E-state index in [2.05, 4.69) is 75.4 Å². The maximum Gasteiger partial charge on any atom is -0.0184 e. The van der Waals surface area contributed by atoms with E-state index < -0.39 is 0 Å². The average molecular weight is 309 g/mol. The van der Waals surface area contributed by atoms with E-state index in [4.69, 9.17) is 0 Å². The molecule has 0 heteroatoms. The van der Waals surface area contributed by atoms with Gasteiger partial charge in [0.25, 0.3) is 0 Å². The van der Waals surface area contributed by atoms with E-state index in [1.54, 1.807) is 0 Å². The van der Waals surface area contributed by atoms with Crippen molar-refractivity contribution < 1.29 is 0 Å². The largest absolute Gasteiger partial charge is 0.0654 e. The van der Waals surface area contributed by atoms with E-state index in [1.165, 1.54) is 55.2 Å². The van der Waals surface area contributed by atoms with Crippen LogP contribution in [0.2, 0.25) is 0 Å². The normalized spacial score (nSPS) is 12.5. The van der Waals surface area contributed by atoms with E-state index in [0.717, 1.165) is 11.8 Å². The number of rotatable bonds is 9. The SMILES string of the molecule is CCCCC(CCC(C)C)Cc1ccc(-c2ccccc2)cc1. The molecule has 2 aromatic carbocycles. The molecule has 124 valence electrons. The topological polar surface area (TPSA) is 0 Å². The summed E-state index contributed by atoms with van der Waals surface area (Å²) in [5.74, 6) is 1.67. The molecule has 0 aromatic heterocycles. The van der Waals surface area contributed by atoms with Crippen LogP contribution in [0.3, 0.4) is 0 Å². The third-order valence-electron chi connectivity index (χ3n) is 4.70. The Morgan fingerprint density at radius 3 is 2.00 bits per heavy atom. The van der Waals surface area contributed by atoms with Gasteiger partial charge in [0.1, 0.15) is 0 Å². The van der Waals surface area contributed by atoms with Crippen LogP contribution in [0.1, 0.15) is 58.4 Å². The zero-order chi connectivity index (χ0) is 16.5. The lowest BCUT2D eigenvalue weighted by molar-refractivity contribution is 0.388. The molecular formula is C23H32. The van der Waals surface area contributed by atoms with Crippen LogP contribution >= 0.6 is 0 Å². The maximum absolute atomic E-state index is 2.34. The van der Waals surface area contributed by atoms with E-state index in [1.807, 2.05) is 0 Å². The van der Waals surface area contributed by atoms with Crippen LogP contribution in [-0.2, 0) is 6.42 Å². The van der Waals surface area contributed by atoms with Crippen LogP contribution in [0.4, 0.5) is 0 Å². The lowest BCUT2D eigenvalue weighted by atomic mass is 9.88. The maximum atomic E-state index is 2.34. The van der Waals surface area contributed by atoms with Crippen molar-refractivity contribution in [3.8, 4) is 11.1 Å². The molecule has 2 aromatic rings. The average Bonchev–Trinajstić information content (AvgIpc) is 2.58. The highest BCUT2D eigenvalue weighted by Crippen LogP contribution is 2.25. The summed E-state index contributed by atoms with van der Waals surface area (Å²) >= 11 is 0. The van der Waals surface area contributed by atoms with Gasteiger partial charge in [0.15, 0.2) is 0 Å². The second-order valence-corrected chi connectivity index (χ2v) is 7.25. The number of benzene rings is 2. The van der Waals surface area contributed by atoms with Gasteiger partial charge in [-0.25, -0.2) is 0 Å². The van der Waals surface area contributed by atoms with Gasteiger partial charge < -0.3 is 0 Å². The van der Waals surface area contributed by atoms with Gasteiger partial charge in [-0.15, -0.1) is 0 Å². The minimum atomic E-state index is 0.819. The Hall–Kier alpha value is -1.56. The molecule has 0 amide bonds. The van der Waals surface area contributed by atoms with Crippen LogP contribution in [0.25, 0.3) is 11.1 Å². The molecule has 0 saturated heterocycles. The Morgan fingerprint density at radius 1 is 0.739 bits per heavy atom. The van der Waals surface area contributed by atoms with Crippen molar-refractivity contribution >= 4 is 0 Å². The summed E-state index contributed by atoms with van der Waals surface area (Å²) in [5, 5.41) is 0. The fourth-order valence-electron chi connectivity index (χ4n) is 3.21. The van der Waals surface area contributed by atoms with Crippen molar-refractivity contribution in [1.82, 2.24) is 0 Å². The van der Waals surface area contributed by atoms with Crippen LogP contribution in [0, 0.1) is 11.8 Å². The summed E-state index contributed by atoms with van der Waals surface area (Å²) < 4.78 is 0. The van der Waals surface area contributed by atoms with Crippen LogP contribution in [-0.4, -0.2) is 0 Å². The molecule has 0 heterocycles. The van der Waals surface area contributed by atoms with E-state index in [0.29, 0.717) is 0 Å². The van der Waals surface area contributed by atoms with Gasteiger partial charge in [-0.2, -0.15) is 0 Å². The molecule has 0 nitrogen and oxygen atoms in total. The molecular weight excluding hydrogens is 276 g/mol. The molecule has 0 N–H and O–H groups in total. The van der Waals surface area contributed by atoms with Crippen molar-refractivity contribution in [2.45, 2.75) is 59.3 Å². The van der Waals surface area contributed by atoms with Gasteiger partial charge in [0.05, 0.1) is 0 Å². The zero-order valence-electron chi connectivity index (χ0n) is 15.1. The Balaban J connectivity index is 1.98. The zero-order valence-corrected chi connectivity index (χ0v) is 15.1. The molecule has 0 aliphatic rings. The first-order chi connectivity index (χ1) is 11.2. The van der Waals surface area contributed by atoms with Gasteiger partial charge >= 0.3 is 0 Å². The quantitative estimate of drug-likeness (QED) is 0.462. The van der Waals surface area contributed by atoms with Crippen molar-refractivity contribution in [3.05, 3.63) is 60.2 Å². The molecule has 0 bridgehead atoms. The molecule has 0 aliphatic heterocycles. The summed E-state index contributed by atoms with van der Waals surface area (Å²) in [6, 6.07) is 19.9. The highest BCUT2D eigenvalue weighted by atomic mass is 14.2. The Bertz CT molecular complexity index is 536. The van der Waals surface area contributed by atoms with Gasteiger partial charge in [-0.05, 0) is 41.4 Å². The first-order valence-electron chi connectivity index (χ1n) is 9.33. The number of unbranched alkanes of at least 4 members (excludes halogenated alkanes) is 1. The number of hydrogen-bond acceptors (Lipinski definition) is 0. The van der Waals surface area contributed by atoms with Crippen LogP contribution in [0.5, 0.6) is 0 Å². The molecule has 1 atom stereocenters. The first-order valence-corrected chi connectivity index (χ1v) is 9.33. The van der Waals surface area contributed by atoms with Gasteiger partial charge in [0.2, 0.25) is 0 Å². The minimum Gasteiger partial charge on any atom is -0.0654 e. The lowest BCUT2D eigenvalue weighted by Crippen LogP contribution is -2.06. The Labute approximate surface area is 143 Å². The third kappa shape index (κ3) is 6.22. The second-order valence-electron chi connectivity index (χ2n) is 7.25. The molecule has 0 fully saturated rings. The smallest absolute Gasteiger partial charge is 0.0184 e. The first kappa shape index (κ1) is 17.8. The minimum absolute atomic E-state index is 0.819. The summed E-state index contributed by atoms with van der Waals surface area (Å²) in [6.45, 7) is 6.98. The van der Waals surface area contributed by atoms with E-state index in [9.17, 15) is 0 Å². The van der Waals surface area contributed by atoms with Crippen LogP contribution in [0.15, 0.2) is 54.6 Å². The van der Waals surface area contributed by atoms with E-state index in [-0.39, 0.29) is 0 Å². The van der Waals surface area contributed by atoms with Gasteiger partial charge in [0, 0.05) is 0 Å². The van der Waals surface area contributed by atoms with Crippen molar-refractivity contribution in [1.29, 1.82) is 0 Å². The number of hydrogen-bond donors (Lipinski definition) is 0. The van der Waals surface area contributed by atoms with Crippen molar-refractivity contribution in [3.63, 3.8) is 0 Å². The van der Waals surface area contributed by atoms with Crippen molar-refractivity contribution in [2.75, 3.05) is 0 Å². The molecule has 23 heavy (non-hydrogen) atoms. The summed E-state index contributed by atoms with van der Waals surface area (Å²) in [7, 11) is 0. The predicted molar refractivity (Wildman–Crippen MR) is 103 cm³/mol. The summed E-state index contributed by atoms with van der Waals surface area (Å²) in [4.78, 5) is 0. The Morgan fingerprint density at radius 2 is 1.39 bits per heavy atom. The van der Waals surface area contributed by atoms with Gasteiger partial charge in [-0.1, -0.05) is 101 Å². The van der Waals surface area contributed by atoms with E-state index >= 15 is 0 Å². The highest BCUT2D eigenvalue weighted by Gasteiger charge is 2.10. The predicted octanol–water partition coefficient (Wildman–Crippen LogP) is 7.14. The summed E-state index contributed by atoms with van der Waals surface area (Å²) in [5.41, 5.74) is 4.12. The molecule has 2 rings (SSSR count). The standard InChI is InChI=1S/C23H32/c1-4-5-9-20(13-12-19(2)3)18-21-14-16-23(17-15-21)22-10-7-6-8-11-22/h6-8,10-11,14-17,19-20H,4-5,9,12-13,18H2,1-3H3. The molecule has 0 radical (unpaired) electrons. The van der Waals surface area contributed by atoms with Crippen LogP contribution < -0.4 is 0 Å². The monoisotopic (exact) mass is 308 g/mol. The fraction of sp³-hybridized carbons (Fsp3) is 0.478. The molecule has 0 spiro atoms. The second kappa shape index (κ2) is 9.55.